The van der Waals surface area contributed by atoms with Crippen LogP contribution in [0.3, 0.4) is 0 Å². The molecule has 0 spiro atoms. The predicted molar refractivity (Wildman–Crippen MR) is 86.5 cm³/mol. The second kappa shape index (κ2) is 10.3. The summed E-state index contributed by atoms with van der Waals surface area (Å²) in [5.41, 5.74) is 0. The first-order chi connectivity index (χ1) is 12.1. The molecule has 0 saturated carbocycles. The van der Waals surface area contributed by atoms with Crippen molar-refractivity contribution in [3.8, 4) is 0 Å². The minimum absolute atomic E-state index is 0.0463. The minimum Gasteiger partial charge on any atom is -0.457 e. The fraction of sp³-hybridized carbons (Fsp3) is 0.857. The highest BCUT2D eigenvalue weighted by Gasteiger charge is 2.48. The number of esters is 1. The van der Waals surface area contributed by atoms with Gasteiger partial charge in [0.2, 0.25) is 5.91 Å². The summed E-state index contributed by atoms with van der Waals surface area (Å²) in [7, 11) is -4.85. The lowest BCUT2D eigenvalue weighted by atomic mass is 9.96. The molecule has 1 fully saturated rings. The van der Waals surface area contributed by atoms with Crippen molar-refractivity contribution in [1.29, 1.82) is 0 Å². The molecular weight excluding hydrogens is 373 g/mol. The highest BCUT2D eigenvalue weighted by atomic mass is 31.2. The number of hydrogen-bond donors (Lipinski definition) is 5. The Kier molecular flexibility index (Phi) is 9.11. The molecule has 1 amide bonds. The number of rotatable bonds is 9. The number of hydrogen-bond acceptors (Lipinski definition) is 8. The highest BCUT2D eigenvalue weighted by Crippen LogP contribution is 2.37. The molecule has 1 aliphatic heterocycles. The zero-order valence-electron chi connectivity index (χ0n) is 14.6. The largest absolute Gasteiger partial charge is 0.469 e. The molecule has 1 saturated heterocycles. The van der Waals surface area contributed by atoms with Gasteiger partial charge < -0.3 is 34.8 Å². The Morgan fingerprint density at radius 3 is 2.31 bits per heavy atom. The van der Waals surface area contributed by atoms with Gasteiger partial charge in [0.15, 0.2) is 12.4 Å². The van der Waals surface area contributed by atoms with E-state index in [-0.39, 0.29) is 12.8 Å². The van der Waals surface area contributed by atoms with E-state index in [1.807, 2.05) is 0 Å². The zero-order valence-corrected chi connectivity index (χ0v) is 15.5. The zero-order chi connectivity index (χ0) is 19.9. The van der Waals surface area contributed by atoms with E-state index in [0.29, 0.717) is 12.8 Å². The molecule has 0 aromatic rings. The van der Waals surface area contributed by atoms with Gasteiger partial charge in [-0.05, 0) is 12.8 Å². The van der Waals surface area contributed by atoms with Crippen molar-refractivity contribution >= 4 is 19.7 Å². The summed E-state index contributed by atoms with van der Waals surface area (Å²) in [6.45, 7) is 2.77. The van der Waals surface area contributed by atoms with Crippen LogP contribution >= 0.6 is 7.82 Å². The first-order valence-electron chi connectivity index (χ1n) is 8.29. The number of amides is 1. The average molecular weight is 399 g/mol. The molecule has 26 heavy (non-hydrogen) atoms. The van der Waals surface area contributed by atoms with E-state index < -0.39 is 56.9 Å². The second-order valence-electron chi connectivity index (χ2n) is 5.89. The van der Waals surface area contributed by atoms with Crippen LogP contribution in [0.5, 0.6) is 0 Å². The number of nitrogens with one attached hydrogen (secondary N) is 1. The van der Waals surface area contributed by atoms with Crippen molar-refractivity contribution in [3.05, 3.63) is 0 Å². The van der Waals surface area contributed by atoms with Crippen LogP contribution in [-0.2, 0) is 28.2 Å². The maximum absolute atomic E-state index is 11.8. The third-order valence-electron chi connectivity index (χ3n) is 3.63. The maximum atomic E-state index is 11.8. The summed E-state index contributed by atoms with van der Waals surface area (Å²) in [4.78, 5) is 41.1. The molecule has 0 aromatic carbocycles. The quantitative estimate of drug-likeness (QED) is 0.243. The van der Waals surface area contributed by atoms with Crippen LogP contribution in [-0.4, -0.2) is 69.1 Å². The van der Waals surface area contributed by atoms with Crippen molar-refractivity contribution in [2.75, 3.05) is 6.61 Å². The predicted octanol–water partition coefficient (Wildman–Crippen LogP) is -0.829. The Hall–Kier alpha value is -1.07. The molecular formula is C14H26NO10P. The molecule has 1 heterocycles. The van der Waals surface area contributed by atoms with Gasteiger partial charge in [0, 0.05) is 12.8 Å². The van der Waals surface area contributed by atoms with E-state index in [1.54, 1.807) is 13.8 Å². The van der Waals surface area contributed by atoms with Gasteiger partial charge in [0.1, 0.15) is 18.2 Å². The molecule has 152 valence electrons. The topological polar surface area (TPSA) is 172 Å². The molecule has 0 aromatic heterocycles. The smallest absolute Gasteiger partial charge is 0.457 e. The molecule has 1 unspecified atom stereocenters. The number of phosphoric acid groups is 1. The Balaban J connectivity index is 2.92. The average Bonchev–Trinajstić information content (AvgIpc) is 2.52. The van der Waals surface area contributed by atoms with Crippen molar-refractivity contribution < 1.29 is 48.2 Å². The standard InChI is InChI=1S/C14H26NO10P/c1-3-5-9(16)15-11-12(18)13(25-10(17)6-4-2)8(24-14(11)19)7-23-26(20,21)22/h8,11-14,18-19H,3-7H2,1-2H3,(H,15,16)(H2,20,21,22)/t8-,11-,12-,13-,14?/m1/s1. The number of carbonyl (C=O) groups is 2. The van der Waals surface area contributed by atoms with Gasteiger partial charge >= 0.3 is 13.8 Å². The maximum Gasteiger partial charge on any atom is 0.469 e. The number of phosphoric ester groups is 1. The van der Waals surface area contributed by atoms with E-state index in [1.165, 1.54) is 0 Å². The Bertz CT molecular complexity index is 524. The fourth-order valence-corrected chi connectivity index (χ4v) is 2.78. The monoisotopic (exact) mass is 399 g/mol. The summed E-state index contributed by atoms with van der Waals surface area (Å²) >= 11 is 0. The van der Waals surface area contributed by atoms with Crippen LogP contribution < -0.4 is 5.32 Å². The van der Waals surface area contributed by atoms with Gasteiger partial charge in [-0.1, -0.05) is 13.8 Å². The summed E-state index contributed by atoms with van der Waals surface area (Å²) in [5, 5.41) is 22.9. The van der Waals surface area contributed by atoms with E-state index in [2.05, 4.69) is 9.84 Å². The van der Waals surface area contributed by atoms with E-state index in [9.17, 15) is 24.4 Å². The third-order valence-corrected chi connectivity index (χ3v) is 4.11. The fourth-order valence-electron chi connectivity index (χ4n) is 2.44. The van der Waals surface area contributed by atoms with Crippen LogP contribution in [0.25, 0.3) is 0 Å². The van der Waals surface area contributed by atoms with Crippen LogP contribution in [0, 0.1) is 0 Å². The lowest BCUT2D eigenvalue weighted by Crippen LogP contribution is -2.65. The van der Waals surface area contributed by atoms with Crippen LogP contribution in [0.15, 0.2) is 0 Å². The van der Waals surface area contributed by atoms with E-state index >= 15 is 0 Å². The van der Waals surface area contributed by atoms with Gasteiger partial charge in [-0.15, -0.1) is 0 Å². The summed E-state index contributed by atoms with van der Waals surface area (Å²) in [6, 6.07) is -1.28. The number of aliphatic hydroxyl groups is 2. The first kappa shape index (κ1) is 23.0. The van der Waals surface area contributed by atoms with Crippen LogP contribution in [0.2, 0.25) is 0 Å². The van der Waals surface area contributed by atoms with Crippen molar-refractivity contribution in [3.63, 3.8) is 0 Å². The van der Waals surface area contributed by atoms with Crippen LogP contribution in [0.4, 0.5) is 0 Å². The summed E-state index contributed by atoms with van der Waals surface area (Å²) < 4.78 is 25.5. The number of aliphatic hydroxyl groups excluding tert-OH is 2. The van der Waals surface area contributed by atoms with Crippen molar-refractivity contribution in [2.45, 2.75) is 70.2 Å². The van der Waals surface area contributed by atoms with E-state index in [0.717, 1.165) is 0 Å². The second-order valence-corrected chi connectivity index (χ2v) is 7.13. The molecule has 0 aliphatic carbocycles. The van der Waals surface area contributed by atoms with Gasteiger partial charge in [-0.2, -0.15) is 0 Å². The Morgan fingerprint density at radius 1 is 1.15 bits per heavy atom. The van der Waals surface area contributed by atoms with Crippen molar-refractivity contribution in [1.82, 2.24) is 5.32 Å². The normalized spacial score (nSPS) is 29.2. The highest BCUT2D eigenvalue weighted by molar-refractivity contribution is 7.46. The first-order valence-corrected chi connectivity index (χ1v) is 9.82. The van der Waals surface area contributed by atoms with Gasteiger partial charge in [-0.25, -0.2) is 4.57 Å². The molecule has 1 rings (SSSR count). The van der Waals surface area contributed by atoms with Crippen LogP contribution in [0.1, 0.15) is 39.5 Å². The van der Waals surface area contributed by atoms with Crippen molar-refractivity contribution in [2.24, 2.45) is 0 Å². The van der Waals surface area contributed by atoms with Gasteiger partial charge in [-0.3, -0.25) is 14.1 Å². The molecule has 0 radical (unpaired) electrons. The summed E-state index contributed by atoms with van der Waals surface area (Å²) in [5.74, 6) is -1.11. The lowest BCUT2D eigenvalue weighted by Gasteiger charge is -2.42. The SMILES string of the molecule is CCCC(=O)N[C@H]1C(O)O[C@H](COP(=O)(O)O)[C@@H](OC(=O)CCC)[C@@H]1O. The molecule has 12 heteroatoms. The van der Waals surface area contributed by atoms with Gasteiger partial charge in [0.25, 0.3) is 0 Å². The number of ether oxygens (including phenoxy) is 2. The molecule has 0 bridgehead atoms. The Labute approximate surface area is 150 Å². The molecule has 1 aliphatic rings. The Morgan fingerprint density at radius 2 is 1.77 bits per heavy atom. The molecule has 5 N–H and O–H groups in total. The number of carbonyl (C=O) groups excluding carboxylic acids is 2. The lowest BCUT2D eigenvalue weighted by molar-refractivity contribution is -0.259. The van der Waals surface area contributed by atoms with Gasteiger partial charge in [0.05, 0.1) is 6.61 Å². The van der Waals surface area contributed by atoms with E-state index in [4.69, 9.17) is 19.3 Å². The molecule has 11 nitrogen and oxygen atoms in total. The molecule has 5 atom stereocenters. The third kappa shape index (κ3) is 7.28. The minimum atomic E-state index is -4.85. The summed E-state index contributed by atoms with van der Waals surface area (Å²) in [6.07, 6.45) is -4.76.